The molecule has 0 saturated carbocycles. The zero-order chi connectivity index (χ0) is 10.7. The van der Waals surface area contributed by atoms with E-state index in [0.717, 1.165) is 43.9 Å². The maximum atomic E-state index is 9.72. The van der Waals surface area contributed by atoms with Gasteiger partial charge in [0, 0.05) is 18.8 Å². The third-order valence-corrected chi connectivity index (χ3v) is 2.84. The van der Waals surface area contributed by atoms with E-state index in [1.54, 1.807) is 0 Å². The Kier molecular flexibility index (Phi) is 3.21. The first-order valence-corrected chi connectivity index (χ1v) is 5.62. The van der Waals surface area contributed by atoms with Crippen LogP contribution in [0.5, 0.6) is 0 Å². The van der Waals surface area contributed by atoms with E-state index in [-0.39, 0.29) is 6.10 Å². The van der Waals surface area contributed by atoms with E-state index < -0.39 is 0 Å². The highest BCUT2D eigenvalue weighted by molar-refractivity contribution is 5.39. The normalized spacial score (nSPS) is 22.5. The molecule has 1 aliphatic heterocycles. The summed E-state index contributed by atoms with van der Waals surface area (Å²) in [6.45, 7) is 3.72. The minimum absolute atomic E-state index is 0.199. The second-order valence-electron chi connectivity index (χ2n) is 4.23. The van der Waals surface area contributed by atoms with Crippen molar-refractivity contribution < 1.29 is 5.11 Å². The van der Waals surface area contributed by atoms with Crippen molar-refractivity contribution in [2.75, 3.05) is 18.0 Å². The second kappa shape index (κ2) is 4.62. The molecule has 0 amide bonds. The van der Waals surface area contributed by atoms with Crippen LogP contribution in [0.1, 0.15) is 25.0 Å². The Hall–Kier alpha value is -1.09. The molecule has 0 aromatic carbocycles. The minimum atomic E-state index is -0.199. The predicted octanol–water partition coefficient (Wildman–Crippen LogP) is 1.74. The third-order valence-electron chi connectivity index (χ3n) is 2.84. The van der Waals surface area contributed by atoms with Gasteiger partial charge in [0.2, 0.25) is 0 Å². The SMILES string of the molecule is Cc1cccc(N2CCCC[C@H](O)C2)n1. The Bertz CT molecular complexity index is 327. The van der Waals surface area contributed by atoms with Crippen LogP contribution in [-0.4, -0.2) is 29.3 Å². The molecule has 1 fully saturated rings. The summed E-state index contributed by atoms with van der Waals surface area (Å²) in [5.41, 5.74) is 1.03. The van der Waals surface area contributed by atoms with Gasteiger partial charge in [0.15, 0.2) is 0 Å². The predicted molar refractivity (Wildman–Crippen MR) is 61.0 cm³/mol. The van der Waals surface area contributed by atoms with Crippen molar-refractivity contribution >= 4 is 5.82 Å². The Morgan fingerprint density at radius 3 is 3.07 bits per heavy atom. The number of pyridine rings is 1. The molecule has 1 aromatic heterocycles. The standard InChI is InChI=1S/C12H18N2O/c1-10-5-4-7-12(13-10)14-8-3-2-6-11(15)9-14/h4-5,7,11,15H,2-3,6,8-9H2,1H3/t11-/m0/s1. The van der Waals surface area contributed by atoms with Crippen molar-refractivity contribution in [1.82, 2.24) is 4.98 Å². The van der Waals surface area contributed by atoms with Crippen LogP contribution in [0.2, 0.25) is 0 Å². The van der Waals surface area contributed by atoms with E-state index in [1.807, 2.05) is 25.1 Å². The summed E-state index contributed by atoms with van der Waals surface area (Å²) in [7, 11) is 0. The maximum Gasteiger partial charge on any atom is 0.128 e. The lowest BCUT2D eigenvalue weighted by Crippen LogP contribution is -2.31. The van der Waals surface area contributed by atoms with Crippen LogP contribution in [-0.2, 0) is 0 Å². The highest BCUT2D eigenvalue weighted by Gasteiger charge is 2.16. The third kappa shape index (κ3) is 2.69. The summed E-state index contributed by atoms with van der Waals surface area (Å²) in [5, 5.41) is 9.72. The summed E-state index contributed by atoms with van der Waals surface area (Å²) < 4.78 is 0. The number of aliphatic hydroxyl groups is 1. The fourth-order valence-corrected chi connectivity index (χ4v) is 2.03. The zero-order valence-electron chi connectivity index (χ0n) is 9.19. The van der Waals surface area contributed by atoms with Gasteiger partial charge in [-0.05, 0) is 38.3 Å². The lowest BCUT2D eigenvalue weighted by atomic mass is 10.2. The quantitative estimate of drug-likeness (QED) is 0.760. The van der Waals surface area contributed by atoms with Gasteiger partial charge in [0.05, 0.1) is 6.10 Å². The van der Waals surface area contributed by atoms with Crippen molar-refractivity contribution in [1.29, 1.82) is 0 Å². The van der Waals surface area contributed by atoms with Crippen LogP contribution >= 0.6 is 0 Å². The first-order chi connectivity index (χ1) is 7.25. The van der Waals surface area contributed by atoms with Gasteiger partial charge in [0.25, 0.3) is 0 Å². The molecule has 0 unspecified atom stereocenters. The fourth-order valence-electron chi connectivity index (χ4n) is 2.03. The number of rotatable bonds is 1. The number of aryl methyl sites for hydroxylation is 1. The molecule has 2 heterocycles. The van der Waals surface area contributed by atoms with Crippen molar-refractivity contribution in [3.8, 4) is 0 Å². The van der Waals surface area contributed by atoms with Crippen LogP contribution in [0.25, 0.3) is 0 Å². The topological polar surface area (TPSA) is 36.4 Å². The van der Waals surface area contributed by atoms with Crippen molar-refractivity contribution in [2.45, 2.75) is 32.3 Å². The van der Waals surface area contributed by atoms with Crippen molar-refractivity contribution in [3.05, 3.63) is 23.9 Å². The summed E-state index contributed by atoms with van der Waals surface area (Å²) in [4.78, 5) is 6.67. The van der Waals surface area contributed by atoms with E-state index in [9.17, 15) is 5.11 Å². The summed E-state index contributed by atoms with van der Waals surface area (Å²) in [6, 6.07) is 6.04. The van der Waals surface area contributed by atoms with Gasteiger partial charge < -0.3 is 10.0 Å². The van der Waals surface area contributed by atoms with Crippen molar-refractivity contribution in [2.24, 2.45) is 0 Å². The Morgan fingerprint density at radius 2 is 2.27 bits per heavy atom. The summed E-state index contributed by atoms with van der Waals surface area (Å²) in [5.74, 6) is 0.996. The van der Waals surface area contributed by atoms with Gasteiger partial charge >= 0.3 is 0 Å². The maximum absolute atomic E-state index is 9.72. The Morgan fingerprint density at radius 1 is 1.40 bits per heavy atom. The molecule has 0 spiro atoms. The Labute approximate surface area is 90.8 Å². The number of aromatic nitrogens is 1. The molecule has 1 aromatic rings. The molecule has 3 nitrogen and oxygen atoms in total. The van der Waals surface area contributed by atoms with Crippen LogP contribution in [0.15, 0.2) is 18.2 Å². The van der Waals surface area contributed by atoms with E-state index in [2.05, 4.69) is 9.88 Å². The molecule has 3 heteroatoms. The van der Waals surface area contributed by atoms with Crippen LogP contribution in [0.3, 0.4) is 0 Å². The van der Waals surface area contributed by atoms with Gasteiger partial charge in [0.1, 0.15) is 5.82 Å². The molecule has 1 N–H and O–H groups in total. The zero-order valence-corrected chi connectivity index (χ0v) is 9.19. The molecule has 0 bridgehead atoms. The molecule has 15 heavy (non-hydrogen) atoms. The first-order valence-electron chi connectivity index (χ1n) is 5.62. The molecule has 1 aliphatic rings. The van der Waals surface area contributed by atoms with E-state index in [4.69, 9.17) is 0 Å². The average Bonchev–Trinajstić information content (AvgIpc) is 2.43. The van der Waals surface area contributed by atoms with Crippen LogP contribution in [0, 0.1) is 6.92 Å². The lowest BCUT2D eigenvalue weighted by molar-refractivity contribution is 0.174. The molecule has 0 aliphatic carbocycles. The molecular weight excluding hydrogens is 188 g/mol. The number of nitrogens with zero attached hydrogens (tertiary/aromatic N) is 2. The van der Waals surface area contributed by atoms with Gasteiger partial charge in [-0.3, -0.25) is 0 Å². The molecule has 2 rings (SSSR count). The number of hydrogen-bond acceptors (Lipinski definition) is 3. The van der Waals surface area contributed by atoms with Crippen LogP contribution in [0.4, 0.5) is 5.82 Å². The summed E-state index contributed by atoms with van der Waals surface area (Å²) in [6.07, 6.45) is 2.98. The minimum Gasteiger partial charge on any atom is -0.391 e. The van der Waals surface area contributed by atoms with E-state index in [1.165, 1.54) is 0 Å². The molecular formula is C12H18N2O. The van der Waals surface area contributed by atoms with Gasteiger partial charge in [-0.25, -0.2) is 4.98 Å². The van der Waals surface area contributed by atoms with Gasteiger partial charge in [-0.1, -0.05) is 6.07 Å². The molecule has 0 radical (unpaired) electrons. The molecule has 1 saturated heterocycles. The lowest BCUT2D eigenvalue weighted by Gasteiger charge is -2.23. The fraction of sp³-hybridized carbons (Fsp3) is 0.583. The highest BCUT2D eigenvalue weighted by Crippen LogP contribution is 2.17. The number of hydrogen-bond donors (Lipinski definition) is 1. The average molecular weight is 206 g/mol. The van der Waals surface area contributed by atoms with Gasteiger partial charge in [-0.2, -0.15) is 0 Å². The second-order valence-corrected chi connectivity index (χ2v) is 4.23. The number of anilines is 1. The molecule has 82 valence electrons. The first kappa shape index (κ1) is 10.4. The monoisotopic (exact) mass is 206 g/mol. The van der Waals surface area contributed by atoms with E-state index in [0.29, 0.717) is 0 Å². The molecule has 1 atom stereocenters. The summed E-state index contributed by atoms with van der Waals surface area (Å²) >= 11 is 0. The largest absolute Gasteiger partial charge is 0.391 e. The number of β-amino-alcohol motifs (C(OH)–C–C–N with tert-alkyl or cyclic N) is 1. The van der Waals surface area contributed by atoms with E-state index >= 15 is 0 Å². The van der Waals surface area contributed by atoms with Crippen molar-refractivity contribution in [3.63, 3.8) is 0 Å². The van der Waals surface area contributed by atoms with Crippen LogP contribution < -0.4 is 4.90 Å². The smallest absolute Gasteiger partial charge is 0.128 e. The Balaban J connectivity index is 2.14. The number of aliphatic hydroxyl groups excluding tert-OH is 1. The van der Waals surface area contributed by atoms with Gasteiger partial charge in [-0.15, -0.1) is 0 Å². The highest BCUT2D eigenvalue weighted by atomic mass is 16.3.